The summed E-state index contributed by atoms with van der Waals surface area (Å²) >= 11 is 0. The fraction of sp³-hybridized carbons (Fsp3) is 0.267. The number of hydrogen-bond donors (Lipinski definition) is 0. The Labute approximate surface area is 106 Å². The van der Waals surface area contributed by atoms with Gasteiger partial charge >= 0.3 is 0 Å². The molecule has 0 N–H and O–H groups in total. The van der Waals surface area contributed by atoms with Crippen LogP contribution < -0.4 is 0 Å². The second-order valence-corrected chi connectivity index (χ2v) is 4.67. The van der Waals surface area contributed by atoms with E-state index >= 15 is 0 Å². The molecule has 1 aromatic carbocycles. The molecule has 0 atom stereocenters. The van der Waals surface area contributed by atoms with Gasteiger partial charge < -0.3 is 0 Å². The number of aldehydes is 1. The van der Waals surface area contributed by atoms with Crippen LogP contribution in [0, 0.1) is 0 Å². The normalized spacial score (nSPS) is 15.1. The van der Waals surface area contributed by atoms with E-state index in [9.17, 15) is 4.79 Å². The van der Waals surface area contributed by atoms with E-state index in [0.29, 0.717) is 11.5 Å². The lowest BCUT2D eigenvalue weighted by Gasteiger charge is -2.24. The first-order chi connectivity index (χ1) is 8.86. The Kier molecular flexibility index (Phi) is 2.89. The highest BCUT2D eigenvalue weighted by Gasteiger charge is 2.21. The standard InChI is InChI=1S/C15H14N2O/c18-10-11-4-6-13(7-5-11)15-16-9-8-14(17-15)12-2-1-3-12/h4-10,12H,1-3H2. The van der Waals surface area contributed by atoms with Crippen LogP contribution in [0.1, 0.15) is 41.2 Å². The molecular weight excluding hydrogens is 224 g/mol. The molecule has 0 radical (unpaired) electrons. The molecule has 90 valence electrons. The molecule has 2 aromatic rings. The van der Waals surface area contributed by atoms with Gasteiger partial charge in [0.05, 0.1) is 0 Å². The maximum Gasteiger partial charge on any atom is 0.159 e. The quantitative estimate of drug-likeness (QED) is 0.771. The summed E-state index contributed by atoms with van der Waals surface area (Å²) in [6, 6.07) is 9.38. The minimum atomic E-state index is 0.612. The van der Waals surface area contributed by atoms with Crippen LogP contribution in [0.15, 0.2) is 36.5 Å². The van der Waals surface area contributed by atoms with Crippen molar-refractivity contribution in [1.82, 2.24) is 9.97 Å². The third kappa shape index (κ3) is 2.04. The Bertz CT molecular complexity index is 559. The fourth-order valence-electron chi connectivity index (χ4n) is 2.15. The largest absolute Gasteiger partial charge is 0.298 e. The van der Waals surface area contributed by atoms with Gasteiger partial charge in [0.25, 0.3) is 0 Å². The zero-order valence-corrected chi connectivity index (χ0v) is 10.0. The Morgan fingerprint density at radius 1 is 1.11 bits per heavy atom. The first-order valence-corrected chi connectivity index (χ1v) is 6.25. The zero-order valence-electron chi connectivity index (χ0n) is 10.0. The van der Waals surface area contributed by atoms with Crippen molar-refractivity contribution in [3.05, 3.63) is 47.8 Å². The molecular formula is C15H14N2O. The van der Waals surface area contributed by atoms with Gasteiger partial charge in [-0.15, -0.1) is 0 Å². The van der Waals surface area contributed by atoms with Crippen molar-refractivity contribution in [2.45, 2.75) is 25.2 Å². The van der Waals surface area contributed by atoms with Crippen molar-refractivity contribution in [3.63, 3.8) is 0 Å². The van der Waals surface area contributed by atoms with Gasteiger partial charge in [0.15, 0.2) is 5.82 Å². The second-order valence-electron chi connectivity index (χ2n) is 4.67. The highest BCUT2D eigenvalue weighted by molar-refractivity contribution is 5.76. The number of carbonyl (C=O) groups is 1. The molecule has 1 aliphatic rings. The van der Waals surface area contributed by atoms with E-state index in [1.54, 1.807) is 12.1 Å². The second kappa shape index (κ2) is 4.69. The monoisotopic (exact) mass is 238 g/mol. The van der Waals surface area contributed by atoms with Gasteiger partial charge in [0, 0.05) is 28.9 Å². The molecule has 0 bridgehead atoms. The van der Waals surface area contributed by atoms with Crippen LogP contribution in [0.2, 0.25) is 0 Å². The van der Waals surface area contributed by atoms with Crippen molar-refractivity contribution in [2.75, 3.05) is 0 Å². The van der Waals surface area contributed by atoms with Crippen LogP contribution in [-0.2, 0) is 0 Å². The summed E-state index contributed by atoms with van der Waals surface area (Å²) in [5.74, 6) is 1.36. The maximum absolute atomic E-state index is 10.6. The lowest BCUT2D eigenvalue weighted by atomic mass is 9.83. The van der Waals surface area contributed by atoms with E-state index < -0.39 is 0 Å². The lowest BCUT2D eigenvalue weighted by molar-refractivity contribution is 0.112. The van der Waals surface area contributed by atoms with Crippen LogP contribution in [-0.4, -0.2) is 16.3 Å². The Morgan fingerprint density at radius 3 is 2.50 bits per heavy atom. The Morgan fingerprint density at radius 2 is 1.89 bits per heavy atom. The first-order valence-electron chi connectivity index (χ1n) is 6.25. The summed E-state index contributed by atoms with van der Waals surface area (Å²) in [5, 5.41) is 0. The average molecular weight is 238 g/mol. The maximum atomic E-state index is 10.6. The molecule has 1 fully saturated rings. The predicted octanol–water partition coefficient (Wildman–Crippen LogP) is 3.22. The molecule has 0 saturated heterocycles. The van der Waals surface area contributed by atoms with Crippen molar-refractivity contribution in [1.29, 1.82) is 0 Å². The molecule has 1 heterocycles. The third-order valence-electron chi connectivity index (χ3n) is 3.51. The van der Waals surface area contributed by atoms with Gasteiger partial charge in [0.2, 0.25) is 0 Å². The zero-order chi connectivity index (χ0) is 12.4. The van der Waals surface area contributed by atoms with Crippen LogP contribution in [0.3, 0.4) is 0 Å². The fourth-order valence-corrected chi connectivity index (χ4v) is 2.15. The minimum Gasteiger partial charge on any atom is -0.298 e. The summed E-state index contributed by atoms with van der Waals surface area (Å²) in [6.07, 6.45) is 6.44. The molecule has 0 spiro atoms. The van der Waals surface area contributed by atoms with Gasteiger partial charge in [-0.05, 0) is 18.9 Å². The first kappa shape index (κ1) is 11.1. The molecule has 0 aliphatic heterocycles. The number of nitrogens with zero attached hydrogens (tertiary/aromatic N) is 2. The number of aromatic nitrogens is 2. The number of rotatable bonds is 3. The smallest absolute Gasteiger partial charge is 0.159 e. The third-order valence-corrected chi connectivity index (χ3v) is 3.51. The molecule has 1 aromatic heterocycles. The number of hydrogen-bond acceptors (Lipinski definition) is 3. The lowest BCUT2D eigenvalue weighted by Crippen LogP contribution is -2.11. The van der Waals surface area contributed by atoms with E-state index in [0.717, 1.165) is 23.4 Å². The SMILES string of the molecule is O=Cc1ccc(-c2nccc(C3CCC3)n2)cc1. The Hall–Kier alpha value is -2.03. The van der Waals surface area contributed by atoms with E-state index in [1.807, 2.05) is 24.4 Å². The van der Waals surface area contributed by atoms with Crippen molar-refractivity contribution < 1.29 is 4.79 Å². The highest BCUT2D eigenvalue weighted by Crippen LogP contribution is 2.35. The average Bonchev–Trinajstić information content (AvgIpc) is 2.37. The molecule has 0 amide bonds. The molecule has 3 heteroatoms. The van der Waals surface area contributed by atoms with Gasteiger partial charge in [-0.3, -0.25) is 4.79 Å². The summed E-state index contributed by atoms with van der Waals surface area (Å²) < 4.78 is 0. The van der Waals surface area contributed by atoms with Crippen molar-refractivity contribution >= 4 is 6.29 Å². The van der Waals surface area contributed by atoms with Crippen LogP contribution in [0.25, 0.3) is 11.4 Å². The summed E-state index contributed by atoms with van der Waals surface area (Å²) in [6.45, 7) is 0. The Balaban J connectivity index is 1.92. The number of carbonyl (C=O) groups excluding carboxylic acids is 1. The minimum absolute atomic E-state index is 0.612. The van der Waals surface area contributed by atoms with Gasteiger partial charge in [-0.25, -0.2) is 9.97 Å². The molecule has 18 heavy (non-hydrogen) atoms. The molecule has 0 unspecified atom stereocenters. The summed E-state index contributed by atoms with van der Waals surface area (Å²) in [4.78, 5) is 19.5. The summed E-state index contributed by atoms with van der Waals surface area (Å²) in [5.41, 5.74) is 2.78. The van der Waals surface area contributed by atoms with Crippen molar-refractivity contribution in [3.8, 4) is 11.4 Å². The molecule has 3 rings (SSSR count). The van der Waals surface area contributed by atoms with Crippen LogP contribution in [0.5, 0.6) is 0 Å². The molecule has 1 aliphatic carbocycles. The van der Waals surface area contributed by atoms with E-state index in [2.05, 4.69) is 9.97 Å². The van der Waals surface area contributed by atoms with E-state index in [1.165, 1.54) is 19.3 Å². The topological polar surface area (TPSA) is 42.9 Å². The van der Waals surface area contributed by atoms with E-state index in [-0.39, 0.29) is 0 Å². The van der Waals surface area contributed by atoms with Gasteiger partial charge in [-0.1, -0.05) is 30.7 Å². The predicted molar refractivity (Wildman–Crippen MR) is 69.4 cm³/mol. The molecule has 1 saturated carbocycles. The van der Waals surface area contributed by atoms with Crippen molar-refractivity contribution in [2.24, 2.45) is 0 Å². The van der Waals surface area contributed by atoms with Crippen LogP contribution >= 0.6 is 0 Å². The summed E-state index contributed by atoms with van der Waals surface area (Å²) in [7, 11) is 0. The number of benzene rings is 1. The molecule has 3 nitrogen and oxygen atoms in total. The van der Waals surface area contributed by atoms with Crippen LogP contribution in [0.4, 0.5) is 0 Å². The van der Waals surface area contributed by atoms with Gasteiger partial charge in [-0.2, -0.15) is 0 Å². The van der Waals surface area contributed by atoms with E-state index in [4.69, 9.17) is 0 Å². The van der Waals surface area contributed by atoms with Gasteiger partial charge in [0.1, 0.15) is 6.29 Å². The highest BCUT2D eigenvalue weighted by atomic mass is 16.1.